The number of fused-ring (bicyclic) bond motifs is 1. The second kappa shape index (κ2) is 8.43. The Morgan fingerprint density at radius 1 is 1.33 bits per heavy atom. The van der Waals surface area contributed by atoms with Crippen LogP contribution in [0.25, 0.3) is 0 Å². The number of anilines is 2. The lowest BCUT2D eigenvalue weighted by atomic mass is 9.69. The van der Waals surface area contributed by atoms with E-state index in [1.165, 1.54) is 16.2 Å². The predicted molar refractivity (Wildman–Crippen MR) is 132 cm³/mol. The van der Waals surface area contributed by atoms with Crippen LogP contribution in [0.3, 0.4) is 0 Å². The first-order chi connectivity index (χ1) is 15.9. The number of piperazine rings is 1. The van der Waals surface area contributed by atoms with Crippen LogP contribution in [0.4, 0.5) is 10.8 Å². The van der Waals surface area contributed by atoms with Crippen molar-refractivity contribution in [3.63, 3.8) is 0 Å². The number of nitrogens with two attached hydrogens (primary N) is 1. The minimum atomic E-state index is -0.393. The largest absolute Gasteiger partial charge is 0.389 e. The van der Waals surface area contributed by atoms with Gasteiger partial charge in [0, 0.05) is 36.0 Å². The summed E-state index contributed by atoms with van der Waals surface area (Å²) in [5, 5.41) is 14.7. The summed E-state index contributed by atoms with van der Waals surface area (Å²) in [6.07, 6.45) is 4.31. The lowest BCUT2D eigenvalue weighted by Gasteiger charge is -2.39. The Morgan fingerprint density at radius 2 is 2.18 bits per heavy atom. The van der Waals surface area contributed by atoms with Gasteiger partial charge in [0.25, 0.3) is 0 Å². The fraction of sp³-hybridized carbons (Fsp3) is 0.500. The number of rotatable bonds is 3. The Balaban J connectivity index is 1.38. The molecule has 3 aliphatic rings. The van der Waals surface area contributed by atoms with Crippen molar-refractivity contribution < 1.29 is 4.84 Å². The molecule has 0 bridgehead atoms. The van der Waals surface area contributed by atoms with Gasteiger partial charge in [0.1, 0.15) is 22.6 Å². The van der Waals surface area contributed by atoms with Crippen LogP contribution in [0.15, 0.2) is 28.3 Å². The van der Waals surface area contributed by atoms with Crippen molar-refractivity contribution >= 4 is 34.2 Å². The van der Waals surface area contributed by atoms with E-state index in [-0.39, 0.29) is 6.10 Å². The van der Waals surface area contributed by atoms with Gasteiger partial charge in [0.05, 0.1) is 11.8 Å². The molecule has 1 fully saturated rings. The van der Waals surface area contributed by atoms with Gasteiger partial charge in [-0.2, -0.15) is 5.26 Å². The number of oxime groups is 1. The highest BCUT2D eigenvalue weighted by atomic mass is 32.1. The number of aromatic nitrogens is 1. The molecule has 2 aromatic heterocycles. The Kier molecular flexibility index (Phi) is 5.59. The monoisotopic (exact) mass is 463 g/mol. The average molecular weight is 464 g/mol. The molecule has 0 amide bonds. The summed E-state index contributed by atoms with van der Waals surface area (Å²) in [6, 6.07) is 8.64. The third-order valence-electron chi connectivity index (χ3n) is 7.09. The first-order valence-electron chi connectivity index (χ1n) is 11.4. The molecule has 172 valence electrons. The topological polar surface area (TPSA) is 103 Å². The standard InChI is InChI=1S/C24H29N7OS/c1-15-14-30(3)10-11-31(15)20-8-4-6-17(28-20)23-27-13-19(32-29-23)24(2)9-5-7-18-21(24)16(12-25)22(26)33-18/h4,6,8,13,15,19H,5,7,9-11,14,26H2,1-3H3/t15-,19+,24+/m0/s1. The molecule has 0 aromatic carbocycles. The van der Waals surface area contributed by atoms with Crippen molar-refractivity contribution in [2.45, 2.75) is 50.7 Å². The number of nitrogens with zero attached hydrogens (tertiary/aromatic N) is 6. The van der Waals surface area contributed by atoms with Gasteiger partial charge in [-0.15, -0.1) is 11.3 Å². The van der Waals surface area contributed by atoms with Gasteiger partial charge in [0.15, 0.2) is 6.10 Å². The van der Waals surface area contributed by atoms with Gasteiger partial charge in [-0.05, 0) is 50.9 Å². The summed E-state index contributed by atoms with van der Waals surface area (Å²) in [7, 11) is 2.15. The molecular weight excluding hydrogens is 434 g/mol. The minimum absolute atomic E-state index is 0.359. The summed E-state index contributed by atoms with van der Waals surface area (Å²) in [6.45, 7) is 7.31. The zero-order valence-corrected chi connectivity index (χ0v) is 20.1. The fourth-order valence-corrected chi connectivity index (χ4v) is 6.49. The van der Waals surface area contributed by atoms with Gasteiger partial charge in [0.2, 0.25) is 5.84 Å². The lowest BCUT2D eigenvalue weighted by molar-refractivity contribution is 0.0448. The quantitative estimate of drug-likeness (QED) is 0.750. The molecule has 0 saturated carbocycles. The smallest absolute Gasteiger partial charge is 0.217 e. The molecule has 3 atom stereocenters. The molecule has 2 aromatic rings. The maximum atomic E-state index is 9.71. The normalized spacial score (nSPS) is 27.5. The minimum Gasteiger partial charge on any atom is -0.389 e. The predicted octanol–water partition coefficient (Wildman–Crippen LogP) is 3.16. The molecule has 8 nitrogen and oxygen atoms in total. The third kappa shape index (κ3) is 3.77. The van der Waals surface area contributed by atoms with Gasteiger partial charge in [-0.1, -0.05) is 18.1 Å². The Labute approximate surface area is 198 Å². The molecule has 0 unspecified atom stereocenters. The summed E-state index contributed by atoms with van der Waals surface area (Å²) in [5.41, 5.74) is 8.05. The van der Waals surface area contributed by atoms with Crippen LogP contribution in [-0.4, -0.2) is 60.8 Å². The van der Waals surface area contributed by atoms with E-state index in [1.807, 2.05) is 24.4 Å². The van der Waals surface area contributed by atoms with Gasteiger partial charge < -0.3 is 20.4 Å². The maximum absolute atomic E-state index is 9.71. The molecule has 5 rings (SSSR count). The second-order valence-corrected chi connectivity index (χ2v) is 10.6. The van der Waals surface area contributed by atoms with Gasteiger partial charge in [-0.3, -0.25) is 0 Å². The number of aliphatic imine (C=N–C) groups is 1. The number of aryl methyl sites for hydroxylation is 1. The summed E-state index contributed by atoms with van der Waals surface area (Å²) in [5.74, 6) is 1.41. The first-order valence-corrected chi connectivity index (χ1v) is 12.2. The van der Waals surface area contributed by atoms with E-state index in [0.29, 0.717) is 28.1 Å². The fourth-order valence-electron chi connectivity index (χ4n) is 5.29. The van der Waals surface area contributed by atoms with Crippen LogP contribution in [0, 0.1) is 11.3 Å². The van der Waals surface area contributed by atoms with E-state index < -0.39 is 5.41 Å². The number of nitrogen functional groups attached to an aromatic ring is 1. The molecule has 33 heavy (non-hydrogen) atoms. The number of amidine groups is 1. The second-order valence-electron chi connectivity index (χ2n) is 9.43. The number of hydrogen-bond donors (Lipinski definition) is 1. The van der Waals surface area contributed by atoms with E-state index in [2.05, 4.69) is 46.9 Å². The van der Waals surface area contributed by atoms with Crippen molar-refractivity contribution in [1.82, 2.24) is 9.88 Å². The highest BCUT2D eigenvalue weighted by Crippen LogP contribution is 2.48. The van der Waals surface area contributed by atoms with E-state index in [9.17, 15) is 5.26 Å². The summed E-state index contributed by atoms with van der Waals surface area (Å²) >= 11 is 1.52. The van der Waals surface area contributed by atoms with Crippen LogP contribution in [0.1, 0.15) is 48.4 Å². The van der Waals surface area contributed by atoms with E-state index in [1.54, 1.807) is 0 Å². The Morgan fingerprint density at radius 3 is 2.91 bits per heavy atom. The SMILES string of the molecule is C[C@H]1CN(C)CCN1c1cccc(C2=NO[C@@H]([C@@]3(C)CCCc4sc(N)c(C#N)c43)C=N2)n1. The van der Waals surface area contributed by atoms with Crippen molar-refractivity contribution in [3.8, 4) is 6.07 Å². The average Bonchev–Trinajstić information content (AvgIpc) is 3.16. The molecule has 9 heteroatoms. The number of thiophene rings is 1. The van der Waals surface area contributed by atoms with Crippen molar-refractivity contribution in [2.75, 3.05) is 37.3 Å². The number of hydrogen-bond acceptors (Lipinski definition) is 9. The molecule has 1 aliphatic carbocycles. The molecular formula is C24H29N7OS. The highest BCUT2D eigenvalue weighted by molar-refractivity contribution is 7.16. The lowest BCUT2D eigenvalue weighted by Crippen LogP contribution is -2.50. The maximum Gasteiger partial charge on any atom is 0.217 e. The molecule has 4 heterocycles. The third-order valence-corrected chi connectivity index (χ3v) is 8.17. The Hall–Kier alpha value is -2.96. The van der Waals surface area contributed by atoms with Crippen molar-refractivity contribution in [2.24, 2.45) is 10.1 Å². The highest BCUT2D eigenvalue weighted by Gasteiger charge is 2.45. The van der Waals surface area contributed by atoms with E-state index in [0.717, 1.165) is 50.3 Å². The van der Waals surface area contributed by atoms with Crippen LogP contribution in [-0.2, 0) is 16.7 Å². The Bertz CT molecular complexity index is 1170. The van der Waals surface area contributed by atoms with Crippen LogP contribution >= 0.6 is 11.3 Å². The molecule has 1 saturated heterocycles. The number of likely N-dealkylation sites (N-methyl/N-ethyl adjacent to an activating group) is 1. The van der Waals surface area contributed by atoms with Crippen LogP contribution in [0.5, 0.6) is 0 Å². The van der Waals surface area contributed by atoms with Crippen LogP contribution in [0.2, 0.25) is 0 Å². The molecule has 0 spiro atoms. The summed E-state index contributed by atoms with van der Waals surface area (Å²) in [4.78, 5) is 21.3. The summed E-state index contributed by atoms with van der Waals surface area (Å²) < 4.78 is 0. The van der Waals surface area contributed by atoms with Crippen LogP contribution < -0.4 is 10.6 Å². The zero-order chi connectivity index (χ0) is 23.2. The van der Waals surface area contributed by atoms with Crippen molar-refractivity contribution in [3.05, 3.63) is 39.9 Å². The van der Waals surface area contributed by atoms with Gasteiger partial charge in [-0.25, -0.2) is 9.98 Å². The van der Waals surface area contributed by atoms with E-state index in [4.69, 9.17) is 15.6 Å². The van der Waals surface area contributed by atoms with Gasteiger partial charge >= 0.3 is 0 Å². The zero-order valence-electron chi connectivity index (χ0n) is 19.3. The molecule has 0 radical (unpaired) electrons. The van der Waals surface area contributed by atoms with Crippen molar-refractivity contribution in [1.29, 1.82) is 5.26 Å². The van der Waals surface area contributed by atoms with E-state index >= 15 is 0 Å². The number of nitriles is 1. The molecule has 2 N–H and O–H groups in total. The number of pyridine rings is 1. The first kappa shape index (κ1) is 21.9. The molecule has 2 aliphatic heterocycles.